The number of amides is 2. The first-order valence-electron chi connectivity index (χ1n) is 5.11. The fraction of sp³-hybridized carbons (Fsp3) is 0.231. The van der Waals surface area contributed by atoms with Crippen LogP contribution >= 0.6 is 0 Å². The number of rotatable bonds is 2. The molecule has 0 atom stereocenters. The summed E-state index contributed by atoms with van der Waals surface area (Å²) in [5, 5.41) is 0. The first-order valence-corrected chi connectivity index (χ1v) is 5.11. The lowest BCUT2D eigenvalue weighted by atomic mass is 10.1. The summed E-state index contributed by atoms with van der Waals surface area (Å²) in [5.41, 5.74) is 0.736. The molecule has 0 bridgehead atoms. The van der Waals surface area contributed by atoms with Crippen LogP contribution < -0.4 is 0 Å². The van der Waals surface area contributed by atoms with Gasteiger partial charge in [-0.1, -0.05) is 39.2 Å². The molecule has 0 unspecified atom stereocenters. The van der Waals surface area contributed by atoms with E-state index in [4.69, 9.17) is 0 Å². The van der Waals surface area contributed by atoms with Crippen LogP contribution in [-0.2, 0) is 9.59 Å². The van der Waals surface area contributed by atoms with E-state index in [1.807, 2.05) is 13.8 Å². The molecule has 1 rings (SSSR count). The van der Waals surface area contributed by atoms with Gasteiger partial charge in [0.05, 0.1) is 11.1 Å². The molecule has 0 aromatic carbocycles. The van der Waals surface area contributed by atoms with Gasteiger partial charge in [0, 0.05) is 7.05 Å². The number of allylic oxidation sites excluding steroid dienone is 4. The first kappa shape index (κ1) is 14.1. The van der Waals surface area contributed by atoms with Gasteiger partial charge in [0.2, 0.25) is 0 Å². The van der Waals surface area contributed by atoms with Crippen LogP contribution in [0.4, 0.5) is 0 Å². The maximum atomic E-state index is 11.5. The Kier molecular flexibility index (Phi) is 5.78. The monoisotopic (exact) mass is 219 g/mol. The van der Waals surface area contributed by atoms with E-state index in [9.17, 15) is 9.59 Å². The number of imide groups is 1. The molecule has 0 radical (unpaired) electrons. The van der Waals surface area contributed by atoms with Crippen LogP contribution in [-0.4, -0.2) is 23.8 Å². The second kappa shape index (κ2) is 6.56. The Morgan fingerprint density at radius 2 is 1.25 bits per heavy atom. The molecule has 0 saturated carbocycles. The second-order valence-electron chi connectivity index (χ2n) is 2.80. The van der Waals surface area contributed by atoms with E-state index in [1.54, 1.807) is 0 Å². The summed E-state index contributed by atoms with van der Waals surface area (Å²) >= 11 is 0. The van der Waals surface area contributed by atoms with Gasteiger partial charge in [-0.05, 0) is 12.2 Å². The molecule has 0 aromatic heterocycles. The zero-order chi connectivity index (χ0) is 12.7. The molecule has 0 aliphatic carbocycles. The van der Waals surface area contributed by atoms with Gasteiger partial charge in [-0.2, -0.15) is 0 Å². The van der Waals surface area contributed by atoms with Crippen LogP contribution in [0.2, 0.25) is 0 Å². The fourth-order valence-corrected chi connectivity index (χ4v) is 1.24. The summed E-state index contributed by atoms with van der Waals surface area (Å²) in [6.45, 7) is 11.0. The average molecular weight is 219 g/mol. The quantitative estimate of drug-likeness (QED) is 0.527. The number of nitrogens with zero attached hydrogens (tertiary/aromatic N) is 1. The summed E-state index contributed by atoms with van der Waals surface area (Å²) in [4.78, 5) is 24.1. The zero-order valence-corrected chi connectivity index (χ0v) is 9.99. The molecule has 1 aliphatic heterocycles. The number of likely N-dealkylation sites (tertiary alicyclic amines) is 1. The largest absolute Gasteiger partial charge is 0.277 e. The third kappa shape index (κ3) is 2.57. The molecule has 86 valence electrons. The predicted octanol–water partition coefficient (Wildman–Crippen LogP) is 2.24. The van der Waals surface area contributed by atoms with Gasteiger partial charge < -0.3 is 0 Å². The van der Waals surface area contributed by atoms with Crippen molar-refractivity contribution in [1.82, 2.24) is 4.90 Å². The van der Waals surface area contributed by atoms with E-state index in [-0.39, 0.29) is 11.8 Å². The van der Waals surface area contributed by atoms with E-state index < -0.39 is 0 Å². The molecule has 1 heterocycles. The van der Waals surface area contributed by atoms with Crippen LogP contribution in [0, 0.1) is 0 Å². The van der Waals surface area contributed by atoms with Gasteiger partial charge in [-0.15, -0.1) is 0 Å². The van der Waals surface area contributed by atoms with E-state index >= 15 is 0 Å². The summed E-state index contributed by atoms with van der Waals surface area (Å²) < 4.78 is 0. The number of hydrogen-bond donors (Lipinski definition) is 0. The third-order valence-corrected chi connectivity index (χ3v) is 1.93. The molecule has 3 nitrogen and oxygen atoms in total. The van der Waals surface area contributed by atoms with Crippen molar-refractivity contribution in [1.29, 1.82) is 0 Å². The van der Waals surface area contributed by atoms with Crippen LogP contribution in [0.25, 0.3) is 0 Å². The maximum Gasteiger partial charge on any atom is 0.261 e. The normalized spacial score (nSPS) is 19.8. The molecule has 1 saturated heterocycles. The van der Waals surface area contributed by atoms with Crippen LogP contribution in [0.5, 0.6) is 0 Å². The Balaban J connectivity index is 0.00000106. The van der Waals surface area contributed by atoms with Gasteiger partial charge in [0.25, 0.3) is 11.8 Å². The number of carbonyl (C=O) groups excluding carboxylic acids is 2. The van der Waals surface area contributed by atoms with Gasteiger partial charge >= 0.3 is 0 Å². The summed E-state index contributed by atoms with van der Waals surface area (Å²) in [6, 6.07) is 0. The number of likely N-dealkylation sites (N-methyl/N-ethyl adjacent to an activating group) is 1. The highest BCUT2D eigenvalue weighted by atomic mass is 16.2. The SMILES string of the molecule is C=C/C=C1/C(=O)N(C)C(=O)/C1=C/C=C.CC. The second-order valence-corrected chi connectivity index (χ2v) is 2.80. The molecule has 0 spiro atoms. The van der Waals surface area contributed by atoms with Crippen molar-refractivity contribution in [3.63, 3.8) is 0 Å². The first-order chi connectivity index (χ1) is 7.63. The highest BCUT2D eigenvalue weighted by Gasteiger charge is 2.35. The Labute approximate surface area is 96.4 Å². The number of hydrogen-bond acceptors (Lipinski definition) is 2. The van der Waals surface area contributed by atoms with E-state index in [0.29, 0.717) is 11.1 Å². The lowest BCUT2D eigenvalue weighted by Gasteiger charge is -2.01. The Morgan fingerprint density at radius 3 is 1.50 bits per heavy atom. The molecular formula is C13H17NO2. The minimum Gasteiger partial charge on any atom is -0.277 e. The van der Waals surface area contributed by atoms with Crippen LogP contribution in [0.3, 0.4) is 0 Å². The Bertz CT molecular complexity index is 339. The Hall–Kier alpha value is -1.90. The molecule has 0 N–H and O–H groups in total. The van der Waals surface area contributed by atoms with Crippen molar-refractivity contribution in [3.05, 3.63) is 48.6 Å². The van der Waals surface area contributed by atoms with Crippen molar-refractivity contribution in [2.24, 2.45) is 0 Å². The summed E-state index contributed by atoms with van der Waals surface area (Å²) in [5.74, 6) is -0.606. The molecule has 1 fully saturated rings. The lowest BCUT2D eigenvalue weighted by molar-refractivity contribution is -0.134. The lowest BCUT2D eigenvalue weighted by Crippen LogP contribution is -2.24. The topological polar surface area (TPSA) is 37.4 Å². The van der Waals surface area contributed by atoms with Gasteiger partial charge in [-0.25, -0.2) is 0 Å². The fourth-order valence-electron chi connectivity index (χ4n) is 1.24. The summed E-state index contributed by atoms with van der Waals surface area (Å²) in [6.07, 6.45) is 6.02. The van der Waals surface area contributed by atoms with Crippen molar-refractivity contribution in [2.75, 3.05) is 7.05 Å². The molecule has 2 amide bonds. The van der Waals surface area contributed by atoms with Gasteiger partial charge in [-0.3, -0.25) is 14.5 Å². The highest BCUT2D eigenvalue weighted by Crippen LogP contribution is 2.23. The van der Waals surface area contributed by atoms with E-state index in [2.05, 4.69) is 13.2 Å². The minimum absolute atomic E-state index is 0.303. The van der Waals surface area contributed by atoms with Crippen LogP contribution in [0.15, 0.2) is 48.6 Å². The smallest absolute Gasteiger partial charge is 0.261 e. The molecular weight excluding hydrogens is 202 g/mol. The van der Waals surface area contributed by atoms with Crippen molar-refractivity contribution < 1.29 is 9.59 Å². The van der Waals surface area contributed by atoms with Crippen molar-refractivity contribution >= 4 is 11.8 Å². The molecule has 16 heavy (non-hydrogen) atoms. The van der Waals surface area contributed by atoms with Gasteiger partial charge in [0.15, 0.2) is 0 Å². The summed E-state index contributed by atoms with van der Waals surface area (Å²) in [7, 11) is 1.45. The maximum absolute atomic E-state index is 11.5. The zero-order valence-electron chi connectivity index (χ0n) is 9.99. The minimum atomic E-state index is -0.303. The van der Waals surface area contributed by atoms with E-state index in [1.165, 1.54) is 31.4 Å². The van der Waals surface area contributed by atoms with Gasteiger partial charge in [0.1, 0.15) is 0 Å². The average Bonchev–Trinajstić information content (AvgIpc) is 2.50. The predicted molar refractivity (Wildman–Crippen MR) is 65.7 cm³/mol. The third-order valence-electron chi connectivity index (χ3n) is 1.93. The van der Waals surface area contributed by atoms with Crippen LogP contribution in [0.1, 0.15) is 13.8 Å². The van der Waals surface area contributed by atoms with Crippen molar-refractivity contribution in [2.45, 2.75) is 13.8 Å². The standard InChI is InChI=1S/C11H11NO2.C2H6/c1-4-6-8-9(7-5-2)11(14)12(3)10(8)13;1-2/h4-7H,1-2H2,3H3;1-2H3/b8-6+,9-7+;. The van der Waals surface area contributed by atoms with E-state index in [0.717, 1.165) is 4.90 Å². The molecule has 1 aliphatic rings. The Morgan fingerprint density at radius 1 is 0.938 bits per heavy atom. The highest BCUT2D eigenvalue weighted by molar-refractivity contribution is 6.24. The molecule has 3 heteroatoms. The van der Waals surface area contributed by atoms with Crippen molar-refractivity contribution in [3.8, 4) is 0 Å². The molecule has 0 aromatic rings. The number of carbonyl (C=O) groups is 2.